The largest absolute Gasteiger partial charge is 0.394 e. The highest BCUT2D eigenvalue weighted by Crippen LogP contribution is 2.48. The number of aliphatic hydroxyl groups is 6. The Morgan fingerprint density at radius 3 is 2.33 bits per heavy atom. The van der Waals surface area contributed by atoms with E-state index in [-0.39, 0.29) is 5.92 Å². The van der Waals surface area contributed by atoms with E-state index >= 15 is 0 Å². The Balaban J connectivity index is 2.07. The first kappa shape index (κ1) is 22.7. The van der Waals surface area contributed by atoms with Crippen LogP contribution in [0.25, 0.3) is 0 Å². The number of ether oxygens (including phenoxy) is 2. The molecule has 0 radical (unpaired) electrons. The fourth-order valence-corrected chi connectivity index (χ4v) is 4.20. The molecule has 9 atom stereocenters. The summed E-state index contributed by atoms with van der Waals surface area (Å²) >= 11 is 0. The normalized spacial score (nSPS) is 46.5. The molecule has 2 fully saturated rings. The Bertz CT molecular complexity index is 522. The molecule has 8 heteroatoms. The highest BCUT2D eigenvalue weighted by Gasteiger charge is 2.50. The third kappa shape index (κ3) is 4.54. The van der Waals surface area contributed by atoms with Crippen LogP contribution in [0.2, 0.25) is 0 Å². The summed E-state index contributed by atoms with van der Waals surface area (Å²) in [7, 11) is 0. The van der Waals surface area contributed by atoms with Crippen molar-refractivity contribution in [3.8, 4) is 0 Å². The van der Waals surface area contributed by atoms with E-state index in [0.29, 0.717) is 12.8 Å². The lowest BCUT2D eigenvalue weighted by Gasteiger charge is -2.50. The van der Waals surface area contributed by atoms with Gasteiger partial charge in [-0.1, -0.05) is 32.9 Å². The van der Waals surface area contributed by atoms with E-state index in [1.807, 2.05) is 20.8 Å². The van der Waals surface area contributed by atoms with Crippen molar-refractivity contribution in [3.63, 3.8) is 0 Å². The molecule has 0 aromatic heterocycles. The van der Waals surface area contributed by atoms with Crippen LogP contribution < -0.4 is 0 Å². The molecule has 1 saturated carbocycles. The Kier molecular flexibility index (Phi) is 7.08. The second-order valence-electron chi connectivity index (χ2n) is 8.60. The summed E-state index contributed by atoms with van der Waals surface area (Å²) in [6.07, 6.45) is -3.42. The first-order valence-electron chi connectivity index (χ1n) is 9.48. The second-order valence-corrected chi connectivity index (χ2v) is 8.60. The smallest absolute Gasteiger partial charge is 0.187 e. The van der Waals surface area contributed by atoms with Crippen LogP contribution in [0.5, 0.6) is 0 Å². The van der Waals surface area contributed by atoms with Crippen molar-refractivity contribution in [1.82, 2.24) is 0 Å². The van der Waals surface area contributed by atoms with E-state index < -0.39 is 60.5 Å². The monoisotopic (exact) mass is 390 g/mol. The summed E-state index contributed by atoms with van der Waals surface area (Å²) in [4.78, 5) is 0. The molecule has 2 rings (SSSR count). The summed E-state index contributed by atoms with van der Waals surface area (Å²) < 4.78 is 10.9. The van der Waals surface area contributed by atoms with E-state index in [4.69, 9.17) is 9.47 Å². The Labute approximate surface area is 160 Å². The SMILES string of the molecule is C[C@@H]1C[C@H](O)CC(C)(C)[C@@]1(O)/C=C/[C@H](C)O[C@@H]1O[C@H](CO)[C@@H](O)[C@H](O)[C@H]1O. The van der Waals surface area contributed by atoms with Gasteiger partial charge in [0.1, 0.15) is 24.4 Å². The number of hydrogen-bond donors (Lipinski definition) is 6. The fraction of sp³-hybridized carbons (Fsp3) is 0.895. The molecular formula is C19H34O8. The van der Waals surface area contributed by atoms with E-state index in [1.54, 1.807) is 19.1 Å². The number of rotatable bonds is 5. The summed E-state index contributed by atoms with van der Waals surface area (Å²) in [5.74, 6) is -0.160. The molecule has 0 spiro atoms. The van der Waals surface area contributed by atoms with Crippen molar-refractivity contribution >= 4 is 0 Å². The van der Waals surface area contributed by atoms with E-state index in [0.717, 1.165) is 0 Å². The standard InChI is InChI=1S/C19H34O8/c1-10-7-12(21)8-18(3,4)19(10,25)6-5-11(2)26-17-16(24)15(23)14(22)13(9-20)27-17/h5-6,10-17,20-25H,7-9H2,1-4H3/b6-5+/t10-,11+,12+,13-,14-,15+,16-,17-,19-/m1/s1. The molecule has 0 aromatic rings. The minimum Gasteiger partial charge on any atom is -0.394 e. The average molecular weight is 390 g/mol. The molecule has 2 aliphatic rings. The zero-order valence-electron chi connectivity index (χ0n) is 16.4. The molecular weight excluding hydrogens is 356 g/mol. The molecule has 0 amide bonds. The van der Waals surface area contributed by atoms with Crippen molar-refractivity contribution in [2.75, 3.05) is 6.61 Å². The predicted molar refractivity (Wildman–Crippen MR) is 96.6 cm³/mol. The first-order valence-corrected chi connectivity index (χ1v) is 9.48. The van der Waals surface area contributed by atoms with Crippen molar-refractivity contribution in [2.24, 2.45) is 11.3 Å². The molecule has 0 bridgehead atoms. The zero-order chi connectivity index (χ0) is 20.6. The van der Waals surface area contributed by atoms with Crippen LogP contribution in [-0.4, -0.2) is 85.8 Å². The Morgan fingerprint density at radius 2 is 1.78 bits per heavy atom. The maximum absolute atomic E-state index is 11.2. The van der Waals surface area contributed by atoms with Crippen LogP contribution in [0.3, 0.4) is 0 Å². The van der Waals surface area contributed by atoms with Crippen molar-refractivity contribution in [3.05, 3.63) is 12.2 Å². The van der Waals surface area contributed by atoms with Gasteiger partial charge in [0.25, 0.3) is 0 Å². The molecule has 8 nitrogen and oxygen atoms in total. The van der Waals surface area contributed by atoms with Gasteiger partial charge in [0.05, 0.1) is 24.4 Å². The van der Waals surface area contributed by atoms with Crippen molar-refractivity contribution in [2.45, 2.75) is 89.1 Å². The lowest BCUT2D eigenvalue weighted by molar-refractivity contribution is -0.306. The minimum atomic E-state index is -1.50. The molecule has 0 unspecified atom stereocenters. The van der Waals surface area contributed by atoms with Crippen LogP contribution in [-0.2, 0) is 9.47 Å². The summed E-state index contributed by atoms with van der Waals surface area (Å²) in [5, 5.41) is 60.1. The quantitative estimate of drug-likeness (QED) is 0.339. The zero-order valence-corrected chi connectivity index (χ0v) is 16.4. The highest BCUT2D eigenvalue weighted by molar-refractivity contribution is 5.15. The lowest BCUT2D eigenvalue weighted by Crippen LogP contribution is -2.59. The summed E-state index contributed by atoms with van der Waals surface area (Å²) in [6.45, 7) is 6.86. The predicted octanol–water partition coefficient (Wildman–Crippen LogP) is -0.704. The van der Waals surface area contributed by atoms with E-state index in [1.165, 1.54) is 0 Å². The van der Waals surface area contributed by atoms with Gasteiger partial charge in [-0.15, -0.1) is 0 Å². The molecule has 1 saturated heterocycles. The van der Waals surface area contributed by atoms with Crippen LogP contribution >= 0.6 is 0 Å². The number of hydrogen-bond acceptors (Lipinski definition) is 8. The van der Waals surface area contributed by atoms with E-state index in [9.17, 15) is 30.6 Å². The molecule has 6 N–H and O–H groups in total. The molecule has 27 heavy (non-hydrogen) atoms. The van der Waals surface area contributed by atoms with Gasteiger partial charge in [-0.3, -0.25) is 0 Å². The maximum Gasteiger partial charge on any atom is 0.187 e. The second kappa shape index (κ2) is 8.42. The van der Waals surface area contributed by atoms with Crippen LogP contribution in [0.4, 0.5) is 0 Å². The first-order chi connectivity index (χ1) is 12.4. The molecule has 0 aromatic carbocycles. The number of aliphatic hydroxyl groups excluding tert-OH is 5. The van der Waals surface area contributed by atoms with Crippen LogP contribution in [0.1, 0.15) is 40.5 Å². The summed E-state index contributed by atoms with van der Waals surface area (Å²) in [6, 6.07) is 0. The molecule has 158 valence electrons. The average Bonchev–Trinajstić information content (AvgIpc) is 2.58. The topological polar surface area (TPSA) is 140 Å². The Morgan fingerprint density at radius 1 is 1.15 bits per heavy atom. The third-order valence-electron chi connectivity index (χ3n) is 6.03. The van der Waals surface area contributed by atoms with E-state index in [2.05, 4.69) is 0 Å². The summed E-state index contributed by atoms with van der Waals surface area (Å²) in [5.41, 5.74) is -1.68. The minimum absolute atomic E-state index is 0.160. The van der Waals surface area contributed by atoms with Gasteiger partial charge in [-0.05, 0) is 31.1 Å². The van der Waals surface area contributed by atoms with Gasteiger partial charge in [0.15, 0.2) is 6.29 Å². The van der Waals surface area contributed by atoms with Gasteiger partial charge < -0.3 is 40.1 Å². The fourth-order valence-electron chi connectivity index (χ4n) is 4.20. The molecule has 1 heterocycles. The Hall–Kier alpha value is -0.580. The third-order valence-corrected chi connectivity index (χ3v) is 6.03. The van der Waals surface area contributed by atoms with Gasteiger partial charge in [0, 0.05) is 0 Å². The van der Waals surface area contributed by atoms with Crippen molar-refractivity contribution < 1.29 is 40.1 Å². The van der Waals surface area contributed by atoms with Crippen molar-refractivity contribution in [1.29, 1.82) is 0 Å². The molecule has 1 aliphatic heterocycles. The van der Waals surface area contributed by atoms with Crippen LogP contribution in [0, 0.1) is 11.3 Å². The highest BCUT2D eigenvalue weighted by atomic mass is 16.7. The van der Waals surface area contributed by atoms with Crippen LogP contribution in [0.15, 0.2) is 12.2 Å². The van der Waals surface area contributed by atoms with Gasteiger partial charge in [0.2, 0.25) is 0 Å². The van der Waals surface area contributed by atoms with Gasteiger partial charge in [-0.25, -0.2) is 0 Å². The lowest BCUT2D eigenvalue weighted by atomic mass is 9.60. The van der Waals surface area contributed by atoms with Gasteiger partial charge in [-0.2, -0.15) is 0 Å². The maximum atomic E-state index is 11.2. The van der Waals surface area contributed by atoms with Gasteiger partial charge >= 0.3 is 0 Å². The molecule has 1 aliphatic carbocycles.